The zero-order chi connectivity index (χ0) is 25.6. The molecule has 0 bridgehead atoms. The van der Waals surface area contributed by atoms with Crippen LogP contribution in [0.15, 0.2) is 63.8 Å². The number of oxazole rings is 1. The third-order valence-electron chi connectivity index (χ3n) is 6.02. The molecule has 5 rings (SSSR count). The average Bonchev–Trinajstić information content (AvgIpc) is 3.36. The highest BCUT2D eigenvalue weighted by molar-refractivity contribution is 5.83. The standard InChI is InChI=1S/C28H27FN4O3/c1-16(2)35-23-11-9-20(10-12-23)27-30-24(19(5)36-27)15-32-25(34)13-17(3)26-18(4)31-33(28(26)32)22-8-6-7-21(29)14-22/h6-14,16H,15H2,1-5H3. The van der Waals surface area contributed by atoms with E-state index in [2.05, 4.69) is 5.10 Å². The first kappa shape index (κ1) is 23.5. The van der Waals surface area contributed by atoms with E-state index >= 15 is 0 Å². The minimum absolute atomic E-state index is 0.0838. The number of aryl methyl sites for hydroxylation is 3. The summed E-state index contributed by atoms with van der Waals surface area (Å²) in [5, 5.41) is 5.49. The van der Waals surface area contributed by atoms with Crippen LogP contribution in [0.25, 0.3) is 28.2 Å². The fourth-order valence-electron chi connectivity index (χ4n) is 4.40. The summed E-state index contributed by atoms with van der Waals surface area (Å²) in [7, 11) is 0. The van der Waals surface area contributed by atoms with Gasteiger partial charge < -0.3 is 9.15 Å². The van der Waals surface area contributed by atoms with Gasteiger partial charge >= 0.3 is 0 Å². The molecular formula is C28H27FN4O3. The van der Waals surface area contributed by atoms with Gasteiger partial charge in [-0.2, -0.15) is 5.10 Å². The molecule has 0 amide bonds. The number of benzene rings is 2. The molecule has 8 heteroatoms. The van der Waals surface area contributed by atoms with Crippen LogP contribution in [-0.4, -0.2) is 25.4 Å². The van der Waals surface area contributed by atoms with Crippen LogP contribution in [0.3, 0.4) is 0 Å². The van der Waals surface area contributed by atoms with Gasteiger partial charge in [-0.3, -0.25) is 9.36 Å². The Kier molecular flexibility index (Phi) is 5.96. The molecule has 0 radical (unpaired) electrons. The number of rotatable bonds is 6. The third-order valence-corrected chi connectivity index (χ3v) is 6.02. The Balaban J connectivity index is 1.59. The fourth-order valence-corrected chi connectivity index (χ4v) is 4.40. The lowest BCUT2D eigenvalue weighted by atomic mass is 10.1. The molecule has 184 valence electrons. The van der Waals surface area contributed by atoms with Gasteiger partial charge in [-0.1, -0.05) is 6.07 Å². The number of aromatic nitrogens is 4. The highest BCUT2D eigenvalue weighted by atomic mass is 19.1. The van der Waals surface area contributed by atoms with Crippen molar-refractivity contribution in [3.8, 4) is 22.9 Å². The lowest BCUT2D eigenvalue weighted by Crippen LogP contribution is -2.23. The number of fused-ring (bicyclic) bond motifs is 1. The predicted octanol–water partition coefficient (Wildman–Crippen LogP) is 5.74. The Hall–Kier alpha value is -4.20. The predicted molar refractivity (Wildman–Crippen MR) is 136 cm³/mol. The molecule has 0 aliphatic rings. The summed E-state index contributed by atoms with van der Waals surface area (Å²) in [6.07, 6.45) is 0.0838. The number of nitrogens with zero attached hydrogens (tertiary/aromatic N) is 4. The number of halogens is 1. The molecule has 0 fully saturated rings. The minimum atomic E-state index is -0.378. The monoisotopic (exact) mass is 486 g/mol. The second-order valence-electron chi connectivity index (χ2n) is 9.14. The Labute approximate surface area is 207 Å². The highest BCUT2D eigenvalue weighted by Gasteiger charge is 2.20. The Morgan fingerprint density at radius 2 is 1.81 bits per heavy atom. The molecule has 0 atom stereocenters. The molecule has 5 aromatic rings. The largest absolute Gasteiger partial charge is 0.491 e. The topological polar surface area (TPSA) is 75.1 Å². The summed E-state index contributed by atoms with van der Waals surface area (Å²) in [6.45, 7) is 9.72. The third kappa shape index (κ3) is 4.30. The van der Waals surface area contributed by atoms with Gasteiger partial charge in [0.1, 0.15) is 28.7 Å². The first-order chi connectivity index (χ1) is 17.2. The van der Waals surface area contributed by atoms with Crippen molar-refractivity contribution in [1.82, 2.24) is 19.3 Å². The van der Waals surface area contributed by atoms with Crippen LogP contribution in [-0.2, 0) is 6.54 Å². The maximum atomic E-state index is 14.0. The van der Waals surface area contributed by atoms with E-state index in [4.69, 9.17) is 14.1 Å². The second-order valence-corrected chi connectivity index (χ2v) is 9.14. The maximum Gasteiger partial charge on any atom is 0.252 e. The molecule has 0 unspecified atom stereocenters. The molecular weight excluding hydrogens is 459 g/mol. The maximum absolute atomic E-state index is 14.0. The zero-order valence-electron chi connectivity index (χ0n) is 20.9. The molecule has 0 saturated carbocycles. The van der Waals surface area contributed by atoms with Gasteiger partial charge in [0.2, 0.25) is 5.89 Å². The number of pyridine rings is 1. The summed E-state index contributed by atoms with van der Waals surface area (Å²) in [5.74, 6) is 1.47. The first-order valence-corrected chi connectivity index (χ1v) is 11.8. The van der Waals surface area contributed by atoms with Crippen LogP contribution < -0.4 is 10.3 Å². The summed E-state index contributed by atoms with van der Waals surface area (Å²) >= 11 is 0. The van der Waals surface area contributed by atoms with E-state index in [0.717, 1.165) is 28.0 Å². The summed E-state index contributed by atoms with van der Waals surface area (Å²) in [6, 6.07) is 15.3. The average molecular weight is 487 g/mol. The quantitative estimate of drug-likeness (QED) is 0.306. The van der Waals surface area contributed by atoms with Crippen molar-refractivity contribution in [2.75, 3.05) is 0 Å². The van der Waals surface area contributed by atoms with Gasteiger partial charge in [0, 0.05) is 17.0 Å². The summed E-state index contributed by atoms with van der Waals surface area (Å²) < 4.78 is 28.9. The van der Waals surface area contributed by atoms with E-state index in [9.17, 15) is 9.18 Å². The van der Waals surface area contributed by atoms with E-state index in [0.29, 0.717) is 28.7 Å². The number of ether oxygens (including phenoxy) is 1. The van der Waals surface area contributed by atoms with Crippen LogP contribution in [0.2, 0.25) is 0 Å². The van der Waals surface area contributed by atoms with Gasteiger partial charge in [-0.05, 0) is 82.6 Å². The highest BCUT2D eigenvalue weighted by Crippen LogP contribution is 2.27. The van der Waals surface area contributed by atoms with E-state index in [1.165, 1.54) is 12.1 Å². The molecule has 3 aromatic heterocycles. The van der Waals surface area contributed by atoms with Gasteiger partial charge in [0.05, 0.1) is 24.0 Å². The van der Waals surface area contributed by atoms with Crippen molar-refractivity contribution in [2.45, 2.75) is 47.3 Å². The molecule has 0 saturated heterocycles. The van der Waals surface area contributed by atoms with Crippen molar-refractivity contribution >= 4 is 11.0 Å². The van der Waals surface area contributed by atoms with Gasteiger partial charge in [-0.15, -0.1) is 0 Å². The van der Waals surface area contributed by atoms with Crippen molar-refractivity contribution in [1.29, 1.82) is 0 Å². The molecule has 2 aromatic carbocycles. The van der Waals surface area contributed by atoms with Crippen molar-refractivity contribution in [3.05, 3.63) is 93.5 Å². The van der Waals surface area contributed by atoms with E-state index in [1.54, 1.807) is 27.4 Å². The van der Waals surface area contributed by atoms with E-state index in [1.807, 2.05) is 58.9 Å². The Bertz CT molecular complexity index is 1630. The van der Waals surface area contributed by atoms with Crippen molar-refractivity contribution in [3.63, 3.8) is 0 Å². The minimum Gasteiger partial charge on any atom is -0.491 e. The normalized spacial score (nSPS) is 11.5. The van der Waals surface area contributed by atoms with Gasteiger partial charge in [0.15, 0.2) is 0 Å². The molecule has 36 heavy (non-hydrogen) atoms. The summed E-state index contributed by atoms with van der Waals surface area (Å²) in [4.78, 5) is 17.9. The molecule has 7 nitrogen and oxygen atoms in total. The van der Waals surface area contributed by atoms with E-state index in [-0.39, 0.29) is 24.0 Å². The van der Waals surface area contributed by atoms with Crippen molar-refractivity contribution < 1.29 is 13.5 Å². The second kappa shape index (κ2) is 9.11. The molecule has 0 spiro atoms. The van der Waals surface area contributed by atoms with Crippen LogP contribution in [0, 0.1) is 26.6 Å². The number of hydrogen-bond acceptors (Lipinski definition) is 5. The molecule has 0 aliphatic heterocycles. The number of hydrogen-bond donors (Lipinski definition) is 0. The summed E-state index contributed by atoms with van der Waals surface area (Å²) in [5.41, 5.74) is 3.92. The van der Waals surface area contributed by atoms with Crippen LogP contribution in [0.4, 0.5) is 4.39 Å². The lowest BCUT2D eigenvalue weighted by molar-refractivity contribution is 0.242. The van der Waals surface area contributed by atoms with E-state index < -0.39 is 0 Å². The van der Waals surface area contributed by atoms with Gasteiger partial charge in [0.25, 0.3) is 5.56 Å². The van der Waals surface area contributed by atoms with Crippen LogP contribution >= 0.6 is 0 Å². The van der Waals surface area contributed by atoms with Gasteiger partial charge in [-0.25, -0.2) is 14.1 Å². The fraction of sp³-hybridized carbons (Fsp3) is 0.250. The van der Waals surface area contributed by atoms with Crippen LogP contribution in [0.5, 0.6) is 5.75 Å². The first-order valence-electron chi connectivity index (χ1n) is 11.8. The van der Waals surface area contributed by atoms with Crippen molar-refractivity contribution in [2.24, 2.45) is 0 Å². The Morgan fingerprint density at radius 3 is 2.50 bits per heavy atom. The van der Waals surface area contributed by atoms with Crippen LogP contribution in [0.1, 0.15) is 36.6 Å². The SMILES string of the molecule is Cc1oc(-c2ccc(OC(C)C)cc2)nc1Cn1c(=O)cc(C)c2c(C)nn(-c3cccc(F)c3)c21. The molecule has 3 heterocycles. The zero-order valence-corrected chi connectivity index (χ0v) is 20.9. The molecule has 0 N–H and O–H groups in total. The lowest BCUT2D eigenvalue weighted by Gasteiger charge is -2.11. The smallest absolute Gasteiger partial charge is 0.252 e. The molecule has 0 aliphatic carbocycles. The Morgan fingerprint density at radius 1 is 1.06 bits per heavy atom.